The lowest BCUT2D eigenvalue weighted by atomic mass is 9.78. The summed E-state index contributed by atoms with van der Waals surface area (Å²) in [7, 11) is 0. The minimum atomic E-state index is -0.350. The standard InChI is InChI=1S/C15H17N3O/c16-15(6-3-7-15)14-17-13(18-19-14)12-8-10-4-1-2-5-11(10)9-12/h1-2,4-5,12H,3,6-9,16H2. The van der Waals surface area contributed by atoms with Crippen molar-refractivity contribution in [2.24, 2.45) is 5.73 Å². The molecule has 0 aliphatic heterocycles. The molecular weight excluding hydrogens is 238 g/mol. The Morgan fingerprint density at radius 3 is 2.42 bits per heavy atom. The van der Waals surface area contributed by atoms with Crippen LogP contribution in [0.2, 0.25) is 0 Å². The highest BCUT2D eigenvalue weighted by Crippen LogP contribution is 2.39. The smallest absolute Gasteiger partial charge is 0.246 e. The molecule has 98 valence electrons. The first kappa shape index (κ1) is 11.2. The topological polar surface area (TPSA) is 64.9 Å². The predicted octanol–water partition coefficient (Wildman–Crippen LogP) is 2.29. The summed E-state index contributed by atoms with van der Waals surface area (Å²) in [5.74, 6) is 1.80. The van der Waals surface area contributed by atoms with Gasteiger partial charge < -0.3 is 10.3 Å². The second-order valence-corrected chi connectivity index (χ2v) is 5.84. The summed E-state index contributed by atoms with van der Waals surface area (Å²) in [4.78, 5) is 4.57. The van der Waals surface area contributed by atoms with Crippen molar-refractivity contribution in [2.45, 2.75) is 43.6 Å². The molecule has 2 N–H and O–H groups in total. The van der Waals surface area contributed by atoms with E-state index in [1.165, 1.54) is 11.1 Å². The molecule has 4 heteroatoms. The second kappa shape index (κ2) is 3.90. The van der Waals surface area contributed by atoms with E-state index in [0.29, 0.717) is 11.8 Å². The lowest BCUT2D eigenvalue weighted by molar-refractivity contribution is 0.181. The molecule has 0 radical (unpaired) electrons. The maximum absolute atomic E-state index is 6.22. The highest BCUT2D eigenvalue weighted by Gasteiger charge is 2.40. The molecule has 0 unspecified atom stereocenters. The number of aromatic nitrogens is 2. The Kier molecular flexibility index (Phi) is 2.30. The fraction of sp³-hybridized carbons (Fsp3) is 0.467. The maximum atomic E-state index is 6.22. The van der Waals surface area contributed by atoms with Crippen LogP contribution in [0.5, 0.6) is 0 Å². The third-order valence-corrected chi connectivity index (χ3v) is 4.53. The van der Waals surface area contributed by atoms with E-state index >= 15 is 0 Å². The van der Waals surface area contributed by atoms with Crippen molar-refractivity contribution in [2.75, 3.05) is 0 Å². The first-order chi connectivity index (χ1) is 9.24. The van der Waals surface area contributed by atoms with Gasteiger partial charge in [0.15, 0.2) is 5.82 Å². The fourth-order valence-corrected chi connectivity index (χ4v) is 3.12. The summed E-state index contributed by atoms with van der Waals surface area (Å²) in [6, 6.07) is 8.55. The van der Waals surface area contributed by atoms with E-state index in [1.807, 2.05) is 0 Å². The zero-order chi connectivity index (χ0) is 12.9. The summed E-state index contributed by atoms with van der Waals surface area (Å²) < 4.78 is 5.40. The van der Waals surface area contributed by atoms with E-state index in [-0.39, 0.29) is 5.54 Å². The first-order valence-electron chi connectivity index (χ1n) is 6.94. The van der Waals surface area contributed by atoms with Crippen molar-refractivity contribution >= 4 is 0 Å². The molecule has 1 aromatic carbocycles. The molecule has 19 heavy (non-hydrogen) atoms. The van der Waals surface area contributed by atoms with Gasteiger partial charge in [0.05, 0.1) is 5.54 Å². The Hall–Kier alpha value is -1.68. The predicted molar refractivity (Wildman–Crippen MR) is 70.6 cm³/mol. The molecule has 0 saturated heterocycles. The van der Waals surface area contributed by atoms with Crippen molar-refractivity contribution in [3.05, 3.63) is 47.1 Å². The van der Waals surface area contributed by atoms with Gasteiger partial charge in [-0.15, -0.1) is 0 Å². The monoisotopic (exact) mass is 255 g/mol. The summed E-state index contributed by atoms with van der Waals surface area (Å²) >= 11 is 0. The second-order valence-electron chi connectivity index (χ2n) is 5.84. The highest BCUT2D eigenvalue weighted by atomic mass is 16.5. The molecule has 1 saturated carbocycles. The Morgan fingerprint density at radius 1 is 1.16 bits per heavy atom. The van der Waals surface area contributed by atoms with E-state index in [1.54, 1.807) is 0 Å². The van der Waals surface area contributed by atoms with Crippen molar-refractivity contribution in [1.29, 1.82) is 0 Å². The summed E-state index contributed by atoms with van der Waals surface area (Å²) in [6.07, 6.45) is 5.08. The van der Waals surface area contributed by atoms with Crippen LogP contribution >= 0.6 is 0 Å². The Labute approximate surface area is 112 Å². The molecule has 4 nitrogen and oxygen atoms in total. The average molecular weight is 255 g/mol. The molecule has 1 aromatic heterocycles. The van der Waals surface area contributed by atoms with Gasteiger partial charge in [-0.2, -0.15) is 4.98 Å². The van der Waals surface area contributed by atoms with Gasteiger partial charge in [0.1, 0.15) is 0 Å². The van der Waals surface area contributed by atoms with E-state index in [0.717, 1.165) is 37.9 Å². The largest absolute Gasteiger partial charge is 0.337 e. The maximum Gasteiger partial charge on any atom is 0.246 e. The van der Waals surface area contributed by atoms with Gasteiger partial charge in [0, 0.05) is 5.92 Å². The van der Waals surface area contributed by atoms with Crippen molar-refractivity contribution in [1.82, 2.24) is 10.1 Å². The van der Waals surface area contributed by atoms with Crippen molar-refractivity contribution in [3.8, 4) is 0 Å². The minimum absolute atomic E-state index is 0.346. The lowest BCUT2D eigenvalue weighted by Gasteiger charge is -2.33. The Morgan fingerprint density at radius 2 is 1.84 bits per heavy atom. The average Bonchev–Trinajstić information content (AvgIpc) is 3.02. The van der Waals surface area contributed by atoms with Crippen LogP contribution in [0.3, 0.4) is 0 Å². The van der Waals surface area contributed by atoms with Gasteiger partial charge in [0.2, 0.25) is 5.89 Å². The van der Waals surface area contributed by atoms with Gasteiger partial charge in [-0.3, -0.25) is 0 Å². The molecule has 1 fully saturated rings. The quantitative estimate of drug-likeness (QED) is 0.894. The van der Waals surface area contributed by atoms with E-state index in [9.17, 15) is 0 Å². The van der Waals surface area contributed by atoms with Crippen LogP contribution in [-0.2, 0) is 18.4 Å². The van der Waals surface area contributed by atoms with Crippen LogP contribution in [0.25, 0.3) is 0 Å². The SMILES string of the molecule is NC1(c2nc(C3Cc4ccccc4C3)no2)CCC1. The van der Waals surface area contributed by atoms with E-state index < -0.39 is 0 Å². The summed E-state index contributed by atoms with van der Waals surface area (Å²) in [6.45, 7) is 0. The van der Waals surface area contributed by atoms with Gasteiger partial charge in [-0.05, 0) is 43.2 Å². The van der Waals surface area contributed by atoms with Crippen molar-refractivity contribution < 1.29 is 4.52 Å². The van der Waals surface area contributed by atoms with Gasteiger partial charge in [0.25, 0.3) is 0 Å². The van der Waals surface area contributed by atoms with Crippen LogP contribution < -0.4 is 5.73 Å². The molecule has 0 bridgehead atoms. The lowest BCUT2D eigenvalue weighted by Crippen LogP contribution is -2.43. The fourth-order valence-electron chi connectivity index (χ4n) is 3.12. The number of benzene rings is 1. The zero-order valence-electron chi connectivity index (χ0n) is 10.8. The molecule has 2 aliphatic carbocycles. The number of rotatable bonds is 2. The molecule has 2 aliphatic rings. The van der Waals surface area contributed by atoms with Gasteiger partial charge in [-0.25, -0.2) is 0 Å². The van der Waals surface area contributed by atoms with Crippen molar-refractivity contribution in [3.63, 3.8) is 0 Å². The number of nitrogens with two attached hydrogens (primary N) is 1. The Balaban J connectivity index is 1.59. The number of hydrogen-bond acceptors (Lipinski definition) is 4. The highest BCUT2D eigenvalue weighted by molar-refractivity contribution is 5.35. The summed E-state index contributed by atoms with van der Waals surface area (Å²) in [5.41, 5.74) is 8.69. The third kappa shape index (κ3) is 1.70. The zero-order valence-corrected chi connectivity index (χ0v) is 10.8. The van der Waals surface area contributed by atoms with Crippen LogP contribution in [0.1, 0.15) is 48.0 Å². The van der Waals surface area contributed by atoms with Crippen LogP contribution in [0.4, 0.5) is 0 Å². The normalized spacial score (nSPS) is 21.1. The summed E-state index contributed by atoms with van der Waals surface area (Å²) in [5, 5.41) is 4.16. The van der Waals surface area contributed by atoms with Crippen LogP contribution in [0, 0.1) is 0 Å². The minimum Gasteiger partial charge on any atom is -0.337 e. The Bertz CT molecular complexity index is 590. The molecule has 4 rings (SSSR count). The third-order valence-electron chi connectivity index (χ3n) is 4.53. The van der Waals surface area contributed by atoms with E-state index in [4.69, 9.17) is 10.3 Å². The number of fused-ring (bicyclic) bond motifs is 1. The van der Waals surface area contributed by atoms with Crippen LogP contribution in [0.15, 0.2) is 28.8 Å². The molecule has 1 heterocycles. The number of nitrogens with zero attached hydrogens (tertiary/aromatic N) is 2. The molecule has 0 amide bonds. The number of hydrogen-bond donors (Lipinski definition) is 1. The van der Waals surface area contributed by atoms with E-state index in [2.05, 4.69) is 34.4 Å². The molecule has 0 atom stereocenters. The molecular formula is C15H17N3O. The first-order valence-corrected chi connectivity index (χ1v) is 6.94. The molecule has 2 aromatic rings. The van der Waals surface area contributed by atoms with Crippen LogP contribution in [-0.4, -0.2) is 10.1 Å². The van der Waals surface area contributed by atoms with Gasteiger partial charge >= 0.3 is 0 Å². The van der Waals surface area contributed by atoms with Gasteiger partial charge in [-0.1, -0.05) is 29.4 Å². The molecule has 0 spiro atoms.